The maximum atomic E-state index is 10.00. The van der Waals surface area contributed by atoms with Crippen LogP contribution in [0.5, 0.6) is 0 Å². The number of hydrogen-bond donors (Lipinski definition) is 8. The molecule has 0 unspecified atom stereocenters. The second-order valence-corrected chi connectivity index (χ2v) is 5.56. The molecule has 2 rings (SSSR count). The van der Waals surface area contributed by atoms with E-state index < -0.39 is 74.6 Å². The van der Waals surface area contributed by atoms with Crippen molar-refractivity contribution in [1.82, 2.24) is 0 Å². The molecular weight excluding hydrogens is 320 g/mol. The van der Waals surface area contributed by atoms with Crippen LogP contribution >= 0.6 is 0 Å². The minimum atomic E-state index is -2.22. The second kappa shape index (κ2) is 7.21. The predicted octanol–water partition coefficient (Wildman–Crippen LogP) is -5.40. The zero-order chi connectivity index (χ0) is 17.4. The summed E-state index contributed by atoms with van der Waals surface area (Å²) in [5.41, 5.74) is 0. The van der Waals surface area contributed by atoms with Crippen LogP contribution < -0.4 is 0 Å². The summed E-state index contributed by atoms with van der Waals surface area (Å²) in [5.74, 6) is -2.22. The molecule has 9 atom stereocenters. The van der Waals surface area contributed by atoms with Gasteiger partial charge in [0.25, 0.3) is 0 Å². The van der Waals surface area contributed by atoms with Crippen LogP contribution in [0.3, 0.4) is 0 Å². The Morgan fingerprint density at radius 2 is 1.39 bits per heavy atom. The summed E-state index contributed by atoms with van der Waals surface area (Å²) in [7, 11) is 0. The van der Waals surface area contributed by atoms with Gasteiger partial charge in [0.15, 0.2) is 6.29 Å². The van der Waals surface area contributed by atoms with Gasteiger partial charge in [-0.1, -0.05) is 0 Å². The van der Waals surface area contributed by atoms with E-state index in [1.54, 1.807) is 0 Å². The molecule has 2 aliphatic rings. The smallest absolute Gasteiger partial charge is 0.224 e. The molecule has 2 aliphatic heterocycles. The Hall–Kier alpha value is -0.440. The summed E-state index contributed by atoms with van der Waals surface area (Å²) in [6.07, 6.45) is -12.7. The van der Waals surface area contributed by atoms with Gasteiger partial charge in [0.1, 0.15) is 49.3 Å². The van der Waals surface area contributed by atoms with Crippen LogP contribution in [-0.4, -0.2) is 115 Å². The van der Waals surface area contributed by atoms with E-state index >= 15 is 0 Å². The molecule has 2 saturated heterocycles. The van der Waals surface area contributed by atoms with Crippen LogP contribution in [0.1, 0.15) is 0 Å². The molecule has 0 aromatic carbocycles. The van der Waals surface area contributed by atoms with Crippen molar-refractivity contribution < 1.29 is 55.1 Å². The first-order valence-electron chi connectivity index (χ1n) is 7.05. The molecule has 136 valence electrons. The molecule has 8 N–H and O–H groups in total. The van der Waals surface area contributed by atoms with E-state index in [0.29, 0.717) is 0 Å². The Morgan fingerprint density at radius 1 is 0.783 bits per heavy atom. The maximum Gasteiger partial charge on any atom is 0.224 e. The van der Waals surface area contributed by atoms with E-state index in [4.69, 9.17) is 24.4 Å². The maximum absolute atomic E-state index is 10.00. The van der Waals surface area contributed by atoms with Crippen LogP contribution in [0.25, 0.3) is 0 Å². The van der Waals surface area contributed by atoms with Crippen molar-refractivity contribution >= 4 is 0 Å². The lowest BCUT2D eigenvalue weighted by molar-refractivity contribution is -0.383. The lowest BCUT2D eigenvalue weighted by atomic mass is 9.99. The molecule has 0 aromatic heterocycles. The van der Waals surface area contributed by atoms with Gasteiger partial charge in [0.2, 0.25) is 5.79 Å². The van der Waals surface area contributed by atoms with Crippen LogP contribution in [0.4, 0.5) is 0 Å². The molecule has 0 aliphatic carbocycles. The van der Waals surface area contributed by atoms with Crippen molar-refractivity contribution in [1.29, 1.82) is 0 Å². The van der Waals surface area contributed by atoms with Crippen molar-refractivity contribution in [3.63, 3.8) is 0 Å². The SMILES string of the molecule is OC[C@H]1O[C@H](O[C@@]2(CO)O[C@H](CO)[C@@H](O)[C@H]2O)[C@H](O)[C@H](O)[C@@H]1O. The fourth-order valence-corrected chi connectivity index (χ4v) is 2.63. The third kappa shape index (κ3) is 3.23. The van der Waals surface area contributed by atoms with Gasteiger partial charge in [-0.05, 0) is 0 Å². The third-order valence-corrected chi connectivity index (χ3v) is 4.07. The number of ether oxygens (including phenoxy) is 3. The molecule has 0 aromatic rings. The van der Waals surface area contributed by atoms with Crippen molar-refractivity contribution in [2.45, 2.75) is 54.8 Å². The Bertz CT molecular complexity index is 393. The molecule has 2 heterocycles. The van der Waals surface area contributed by atoms with E-state index in [2.05, 4.69) is 0 Å². The molecular formula is C12H22O11. The zero-order valence-corrected chi connectivity index (χ0v) is 12.0. The fourth-order valence-electron chi connectivity index (χ4n) is 2.63. The van der Waals surface area contributed by atoms with Gasteiger partial charge in [-0.3, -0.25) is 0 Å². The largest absolute Gasteiger partial charge is 0.394 e. The first-order chi connectivity index (χ1) is 10.8. The average Bonchev–Trinajstić information content (AvgIpc) is 2.80. The standard InChI is InChI=1S/C12H22O11/c13-1-4-6(16)8(18)9(19)11(21-4)23-12(3-15)10(20)7(17)5(2-14)22-12/h4-11,13-20H,1-3H2/t4-,5-,6-,7-,8-,9-,10-,11-,12-/m1/s1. The van der Waals surface area contributed by atoms with Crippen LogP contribution in [0, 0.1) is 0 Å². The highest BCUT2D eigenvalue weighted by molar-refractivity contribution is 4.98. The zero-order valence-electron chi connectivity index (χ0n) is 12.0. The molecule has 11 heteroatoms. The van der Waals surface area contributed by atoms with E-state index in [1.807, 2.05) is 0 Å². The topological polar surface area (TPSA) is 190 Å². The number of rotatable bonds is 5. The second-order valence-electron chi connectivity index (χ2n) is 5.56. The minimum Gasteiger partial charge on any atom is -0.394 e. The van der Waals surface area contributed by atoms with Gasteiger partial charge in [0, 0.05) is 0 Å². The highest BCUT2D eigenvalue weighted by Gasteiger charge is 2.58. The lowest BCUT2D eigenvalue weighted by Crippen LogP contribution is -2.62. The van der Waals surface area contributed by atoms with E-state index in [0.717, 1.165) is 0 Å². The summed E-state index contributed by atoms with van der Waals surface area (Å²) < 4.78 is 15.4. The Kier molecular flexibility index (Phi) is 5.92. The van der Waals surface area contributed by atoms with E-state index in [9.17, 15) is 30.6 Å². The number of aliphatic hydroxyl groups excluding tert-OH is 8. The number of aliphatic hydroxyl groups is 8. The van der Waals surface area contributed by atoms with Crippen molar-refractivity contribution in [2.24, 2.45) is 0 Å². The van der Waals surface area contributed by atoms with Gasteiger partial charge in [0.05, 0.1) is 13.2 Å². The summed E-state index contributed by atoms with van der Waals surface area (Å²) in [4.78, 5) is 0. The molecule has 0 spiro atoms. The lowest BCUT2D eigenvalue weighted by Gasteiger charge is -2.43. The summed E-state index contributed by atoms with van der Waals surface area (Å²) >= 11 is 0. The summed E-state index contributed by atoms with van der Waals surface area (Å²) in [5, 5.41) is 76.7. The normalized spacial score (nSPS) is 51.1. The first kappa shape index (κ1) is 18.9. The Labute approximate surface area is 130 Å². The third-order valence-electron chi connectivity index (χ3n) is 4.07. The van der Waals surface area contributed by atoms with Crippen LogP contribution in [-0.2, 0) is 14.2 Å². The Balaban J connectivity index is 2.18. The molecule has 0 amide bonds. The monoisotopic (exact) mass is 342 g/mol. The molecule has 2 fully saturated rings. The summed E-state index contributed by atoms with van der Waals surface area (Å²) in [6, 6.07) is 0. The van der Waals surface area contributed by atoms with Crippen molar-refractivity contribution in [2.75, 3.05) is 19.8 Å². The fraction of sp³-hybridized carbons (Fsp3) is 1.00. The van der Waals surface area contributed by atoms with E-state index in [-0.39, 0.29) is 0 Å². The van der Waals surface area contributed by atoms with Gasteiger partial charge in [-0.15, -0.1) is 0 Å². The van der Waals surface area contributed by atoms with Crippen molar-refractivity contribution in [3.8, 4) is 0 Å². The predicted molar refractivity (Wildman–Crippen MR) is 68.6 cm³/mol. The van der Waals surface area contributed by atoms with Crippen LogP contribution in [0.15, 0.2) is 0 Å². The van der Waals surface area contributed by atoms with Gasteiger partial charge in [-0.25, -0.2) is 0 Å². The first-order valence-corrected chi connectivity index (χ1v) is 7.05. The quantitative estimate of drug-likeness (QED) is 0.238. The van der Waals surface area contributed by atoms with Gasteiger partial charge >= 0.3 is 0 Å². The average molecular weight is 342 g/mol. The number of hydrogen-bond acceptors (Lipinski definition) is 11. The van der Waals surface area contributed by atoms with Gasteiger partial charge < -0.3 is 55.1 Å². The van der Waals surface area contributed by atoms with Crippen LogP contribution in [0.2, 0.25) is 0 Å². The van der Waals surface area contributed by atoms with Crippen molar-refractivity contribution in [3.05, 3.63) is 0 Å². The summed E-state index contributed by atoms with van der Waals surface area (Å²) in [6.45, 7) is -2.32. The highest BCUT2D eigenvalue weighted by atomic mass is 16.8. The Morgan fingerprint density at radius 3 is 1.87 bits per heavy atom. The molecule has 23 heavy (non-hydrogen) atoms. The minimum absolute atomic E-state index is 0.669. The van der Waals surface area contributed by atoms with Gasteiger partial charge in [-0.2, -0.15) is 0 Å². The molecule has 0 saturated carbocycles. The highest BCUT2D eigenvalue weighted by Crippen LogP contribution is 2.35. The molecule has 0 radical (unpaired) electrons. The van der Waals surface area contributed by atoms with E-state index in [1.165, 1.54) is 0 Å². The molecule has 0 bridgehead atoms. The molecule has 11 nitrogen and oxygen atoms in total.